The summed E-state index contributed by atoms with van der Waals surface area (Å²) in [6, 6.07) is 3.91. The lowest BCUT2D eigenvalue weighted by Gasteiger charge is -2.18. The lowest BCUT2D eigenvalue weighted by molar-refractivity contribution is 0.133. The Balaban J connectivity index is 2.31. The molecular weight excluding hydrogens is 293 g/mol. The van der Waals surface area contributed by atoms with E-state index in [4.69, 9.17) is 11.6 Å². The molecule has 2 atom stereocenters. The average Bonchev–Trinajstić information content (AvgIpc) is 2.82. The first-order valence-electron chi connectivity index (χ1n) is 5.96. The standard InChI is InChI=1S/C12H15ClFNO3S/c1-8(16)9-5-6-15(7-9)19(17,18)11-4-2-3-10(13)12(11)14/h2-4,8-9,16H,5-7H2,1H3. The number of hydrogen-bond donors (Lipinski definition) is 1. The Morgan fingerprint density at radius 3 is 2.79 bits per heavy atom. The maximum Gasteiger partial charge on any atom is 0.246 e. The molecular formula is C12H15ClFNO3S. The molecule has 0 spiro atoms. The lowest BCUT2D eigenvalue weighted by atomic mass is 10.0. The van der Waals surface area contributed by atoms with E-state index in [1.807, 2.05) is 0 Å². The van der Waals surface area contributed by atoms with E-state index in [0.717, 1.165) is 0 Å². The topological polar surface area (TPSA) is 57.6 Å². The van der Waals surface area contributed by atoms with E-state index in [1.54, 1.807) is 6.92 Å². The van der Waals surface area contributed by atoms with E-state index < -0.39 is 26.8 Å². The molecule has 0 aliphatic carbocycles. The van der Waals surface area contributed by atoms with Gasteiger partial charge in [-0.05, 0) is 31.4 Å². The highest BCUT2D eigenvalue weighted by molar-refractivity contribution is 7.89. The predicted molar refractivity (Wildman–Crippen MR) is 70.0 cm³/mol. The van der Waals surface area contributed by atoms with Crippen LogP contribution in [0.2, 0.25) is 5.02 Å². The Kier molecular flexibility index (Phi) is 4.15. The van der Waals surface area contributed by atoms with Crippen LogP contribution in [0.5, 0.6) is 0 Å². The summed E-state index contributed by atoms with van der Waals surface area (Å²) in [5.41, 5.74) is 0. The fourth-order valence-electron chi connectivity index (χ4n) is 2.19. The van der Waals surface area contributed by atoms with Gasteiger partial charge in [0.1, 0.15) is 4.90 Å². The van der Waals surface area contributed by atoms with Gasteiger partial charge in [0, 0.05) is 13.1 Å². The van der Waals surface area contributed by atoms with Gasteiger partial charge in [-0.25, -0.2) is 12.8 Å². The first kappa shape index (κ1) is 14.7. The largest absolute Gasteiger partial charge is 0.393 e. The molecule has 0 saturated carbocycles. The van der Waals surface area contributed by atoms with Gasteiger partial charge in [0.05, 0.1) is 11.1 Å². The molecule has 7 heteroatoms. The molecule has 0 bridgehead atoms. The van der Waals surface area contributed by atoms with Crippen molar-refractivity contribution in [1.29, 1.82) is 0 Å². The Bertz CT molecular complexity index is 576. The number of hydrogen-bond acceptors (Lipinski definition) is 3. The second kappa shape index (κ2) is 5.36. The van der Waals surface area contributed by atoms with Crippen LogP contribution in [-0.2, 0) is 10.0 Å². The highest BCUT2D eigenvalue weighted by Crippen LogP contribution is 2.29. The Hall–Kier alpha value is -0.690. The van der Waals surface area contributed by atoms with Crippen LogP contribution >= 0.6 is 11.6 Å². The summed E-state index contributed by atoms with van der Waals surface area (Å²) < 4.78 is 39.7. The molecule has 0 amide bonds. The van der Waals surface area contributed by atoms with E-state index >= 15 is 0 Å². The highest BCUT2D eigenvalue weighted by Gasteiger charge is 2.36. The first-order valence-corrected chi connectivity index (χ1v) is 7.78. The first-order chi connectivity index (χ1) is 8.84. The SMILES string of the molecule is CC(O)C1CCN(S(=O)(=O)c2cccc(Cl)c2F)C1. The molecule has 19 heavy (non-hydrogen) atoms. The van der Waals surface area contributed by atoms with Crippen molar-refractivity contribution in [2.45, 2.75) is 24.3 Å². The number of aliphatic hydroxyl groups excluding tert-OH is 1. The molecule has 2 unspecified atom stereocenters. The molecule has 2 rings (SSSR count). The summed E-state index contributed by atoms with van der Waals surface area (Å²) in [6.07, 6.45) is -0.0107. The maximum absolute atomic E-state index is 13.8. The van der Waals surface area contributed by atoms with Gasteiger partial charge in [0.25, 0.3) is 0 Å². The Morgan fingerprint density at radius 1 is 1.53 bits per heavy atom. The van der Waals surface area contributed by atoms with Crippen LogP contribution in [0, 0.1) is 11.7 Å². The fraction of sp³-hybridized carbons (Fsp3) is 0.500. The van der Waals surface area contributed by atoms with Crippen molar-refractivity contribution in [2.24, 2.45) is 5.92 Å². The van der Waals surface area contributed by atoms with Crippen molar-refractivity contribution in [2.75, 3.05) is 13.1 Å². The third kappa shape index (κ3) is 2.76. The molecule has 1 aliphatic rings. The fourth-order valence-corrected chi connectivity index (χ4v) is 4.02. The molecule has 106 valence electrons. The maximum atomic E-state index is 13.8. The molecule has 1 saturated heterocycles. The summed E-state index contributed by atoms with van der Waals surface area (Å²) in [6.45, 7) is 2.11. The van der Waals surface area contributed by atoms with Gasteiger partial charge in [-0.2, -0.15) is 4.31 Å². The van der Waals surface area contributed by atoms with Gasteiger partial charge in [0.15, 0.2) is 5.82 Å². The highest BCUT2D eigenvalue weighted by atomic mass is 35.5. The third-order valence-electron chi connectivity index (χ3n) is 3.40. The minimum atomic E-state index is -3.90. The van der Waals surface area contributed by atoms with Crippen molar-refractivity contribution in [1.82, 2.24) is 4.31 Å². The van der Waals surface area contributed by atoms with Gasteiger partial charge in [0.2, 0.25) is 10.0 Å². The number of sulfonamides is 1. The zero-order chi connectivity index (χ0) is 14.2. The number of aliphatic hydroxyl groups is 1. The van der Waals surface area contributed by atoms with Crippen molar-refractivity contribution >= 4 is 21.6 Å². The summed E-state index contributed by atoms with van der Waals surface area (Å²) in [5, 5.41) is 9.27. The van der Waals surface area contributed by atoms with Crippen LogP contribution in [0.4, 0.5) is 4.39 Å². The normalized spacial score (nSPS) is 22.6. The van der Waals surface area contributed by atoms with E-state index in [2.05, 4.69) is 0 Å². The van der Waals surface area contributed by atoms with Crippen LogP contribution in [0.3, 0.4) is 0 Å². The molecule has 4 nitrogen and oxygen atoms in total. The molecule has 1 aromatic rings. The van der Waals surface area contributed by atoms with Crippen LogP contribution in [-0.4, -0.2) is 37.0 Å². The smallest absolute Gasteiger partial charge is 0.246 e. The monoisotopic (exact) mass is 307 g/mol. The van der Waals surface area contributed by atoms with Crippen LogP contribution in [0.1, 0.15) is 13.3 Å². The van der Waals surface area contributed by atoms with Crippen LogP contribution < -0.4 is 0 Å². The number of halogens is 2. The van der Waals surface area contributed by atoms with Crippen LogP contribution in [0.15, 0.2) is 23.1 Å². The molecule has 1 heterocycles. The van der Waals surface area contributed by atoms with Crippen molar-refractivity contribution in [3.63, 3.8) is 0 Å². The molecule has 0 aromatic heterocycles. The Labute approximate surface area is 116 Å². The average molecular weight is 308 g/mol. The molecule has 0 radical (unpaired) electrons. The Morgan fingerprint density at radius 2 is 2.21 bits per heavy atom. The summed E-state index contributed by atoms with van der Waals surface area (Å²) in [7, 11) is -3.90. The lowest BCUT2D eigenvalue weighted by Crippen LogP contribution is -2.31. The van der Waals surface area contributed by atoms with Gasteiger partial charge in [-0.15, -0.1) is 0 Å². The minimum Gasteiger partial charge on any atom is -0.393 e. The summed E-state index contributed by atoms with van der Waals surface area (Å²) >= 11 is 5.61. The summed E-state index contributed by atoms with van der Waals surface area (Å²) in [5.74, 6) is -1.04. The third-order valence-corrected chi connectivity index (χ3v) is 5.58. The number of benzene rings is 1. The molecule has 1 aromatic carbocycles. The van der Waals surface area contributed by atoms with E-state index in [1.165, 1.54) is 22.5 Å². The van der Waals surface area contributed by atoms with Crippen molar-refractivity contribution in [3.05, 3.63) is 29.0 Å². The zero-order valence-electron chi connectivity index (χ0n) is 10.4. The molecule has 1 aliphatic heterocycles. The van der Waals surface area contributed by atoms with E-state index in [9.17, 15) is 17.9 Å². The zero-order valence-corrected chi connectivity index (χ0v) is 12.0. The molecule has 1 fully saturated rings. The second-order valence-electron chi connectivity index (χ2n) is 4.70. The molecule has 1 N–H and O–H groups in total. The predicted octanol–water partition coefficient (Wildman–Crippen LogP) is 1.87. The van der Waals surface area contributed by atoms with Crippen molar-refractivity contribution in [3.8, 4) is 0 Å². The number of rotatable bonds is 3. The number of nitrogens with zero attached hydrogens (tertiary/aromatic N) is 1. The van der Waals surface area contributed by atoms with Gasteiger partial charge >= 0.3 is 0 Å². The van der Waals surface area contributed by atoms with E-state index in [0.29, 0.717) is 6.42 Å². The van der Waals surface area contributed by atoms with Gasteiger partial charge in [-0.3, -0.25) is 0 Å². The van der Waals surface area contributed by atoms with Gasteiger partial charge < -0.3 is 5.11 Å². The second-order valence-corrected chi connectivity index (χ2v) is 7.02. The van der Waals surface area contributed by atoms with E-state index in [-0.39, 0.29) is 24.0 Å². The van der Waals surface area contributed by atoms with Gasteiger partial charge in [-0.1, -0.05) is 17.7 Å². The van der Waals surface area contributed by atoms with Crippen molar-refractivity contribution < 1.29 is 17.9 Å². The quantitative estimate of drug-likeness (QED) is 0.927. The van der Waals surface area contributed by atoms with Crippen LogP contribution in [0.25, 0.3) is 0 Å². The summed E-state index contributed by atoms with van der Waals surface area (Å²) in [4.78, 5) is -0.411. The minimum absolute atomic E-state index is 0.114.